The summed E-state index contributed by atoms with van der Waals surface area (Å²) in [6, 6.07) is 14.1. The lowest BCUT2D eigenvalue weighted by Gasteiger charge is -2.08. The normalized spacial score (nSPS) is 10.2. The van der Waals surface area contributed by atoms with Crippen molar-refractivity contribution in [3.8, 4) is 46.1 Å². The van der Waals surface area contributed by atoms with Crippen molar-refractivity contribution in [1.82, 2.24) is 15.0 Å². The first-order chi connectivity index (χ1) is 17.2. The third kappa shape index (κ3) is 6.37. The van der Waals surface area contributed by atoms with Crippen molar-refractivity contribution in [1.29, 1.82) is 0 Å². The minimum absolute atomic E-state index is 0.278. The van der Waals surface area contributed by atoms with Crippen molar-refractivity contribution in [2.45, 2.75) is 26.2 Å². The van der Waals surface area contributed by atoms with Gasteiger partial charge in [-0.05, 0) is 43.2 Å². The summed E-state index contributed by atoms with van der Waals surface area (Å²) in [5.74, 6) is 7.01. The molecule has 4 rings (SSSR count). The SMILES string of the molecule is CCCCc1ccc(C#Cc2ccnc(-c3cc(OC=O)cc(-c4cc(OC=O)ccn4)n3)c2)s1. The van der Waals surface area contributed by atoms with E-state index in [1.54, 1.807) is 41.8 Å². The number of nitrogens with zero attached hydrogens (tertiary/aromatic N) is 3. The number of carbonyl (C=O) groups is 2. The van der Waals surface area contributed by atoms with Crippen LogP contribution < -0.4 is 9.47 Å². The van der Waals surface area contributed by atoms with Crippen LogP contribution in [-0.4, -0.2) is 27.9 Å². The number of hydrogen-bond donors (Lipinski definition) is 0. The summed E-state index contributed by atoms with van der Waals surface area (Å²) < 4.78 is 9.98. The standard InChI is InChI=1S/C27H21N3O4S/c1-2-3-4-22-7-8-23(35-22)6-5-19-9-11-28-24(13-19)26-15-21(34-18-32)16-27(30-26)25-14-20(33-17-31)10-12-29-25/h7-18H,2-4H2,1H3. The summed E-state index contributed by atoms with van der Waals surface area (Å²) in [6.07, 6.45) is 6.57. The maximum absolute atomic E-state index is 11.0. The van der Waals surface area contributed by atoms with Crippen molar-refractivity contribution in [2.75, 3.05) is 0 Å². The molecule has 35 heavy (non-hydrogen) atoms. The van der Waals surface area contributed by atoms with Gasteiger partial charge in [-0.25, -0.2) is 4.98 Å². The zero-order chi connectivity index (χ0) is 24.5. The average molecular weight is 484 g/mol. The topological polar surface area (TPSA) is 91.3 Å². The Morgan fingerprint density at radius 3 is 2.26 bits per heavy atom. The highest BCUT2D eigenvalue weighted by Gasteiger charge is 2.11. The van der Waals surface area contributed by atoms with E-state index in [0.29, 0.717) is 41.5 Å². The van der Waals surface area contributed by atoms with Crippen LogP contribution in [0.15, 0.2) is 60.9 Å². The average Bonchev–Trinajstić information content (AvgIpc) is 3.35. The number of ether oxygens (including phenoxy) is 2. The number of carbonyl (C=O) groups excluding carboxylic acids is 2. The number of aryl methyl sites for hydroxylation is 1. The molecule has 4 aromatic heterocycles. The van der Waals surface area contributed by atoms with E-state index in [4.69, 9.17) is 9.47 Å². The molecule has 0 radical (unpaired) electrons. The second-order valence-electron chi connectivity index (χ2n) is 7.43. The van der Waals surface area contributed by atoms with Crippen molar-refractivity contribution in [2.24, 2.45) is 0 Å². The zero-order valence-corrected chi connectivity index (χ0v) is 19.7. The fourth-order valence-corrected chi connectivity index (χ4v) is 4.19. The number of aromatic nitrogens is 3. The summed E-state index contributed by atoms with van der Waals surface area (Å²) in [6.45, 7) is 2.86. The summed E-state index contributed by atoms with van der Waals surface area (Å²) in [5.41, 5.74) is 2.68. The van der Waals surface area contributed by atoms with E-state index in [2.05, 4.69) is 39.8 Å². The quantitative estimate of drug-likeness (QED) is 0.242. The molecule has 0 aromatic carbocycles. The van der Waals surface area contributed by atoms with E-state index in [-0.39, 0.29) is 5.75 Å². The van der Waals surface area contributed by atoms with Crippen LogP contribution in [0.3, 0.4) is 0 Å². The Labute approximate surface area is 206 Å². The molecule has 0 spiro atoms. The summed E-state index contributed by atoms with van der Waals surface area (Å²) in [4.78, 5) is 37.4. The molecule has 0 amide bonds. The van der Waals surface area contributed by atoms with Crippen LogP contribution >= 0.6 is 11.3 Å². The van der Waals surface area contributed by atoms with E-state index in [0.717, 1.165) is 16.9 Å². The minimum Gasteiger partial charge on any atom is -0.429 e. The minimum atomic E-state index is 0.278. The van der Waals surface area contributed by atoms with Crippen molar-refractivity contribution in [3.63, 3.8) is 0 Å². The van der Waals surface area contributed by atoms with Crippen LogP contribution in [0.5, 0.6) is 11.5 Å². The third-order valence-electron chi connectivity index (χ3n) is 4.95. The first-order valence-corrected chi connectivity index (χ1v) is 11.8. The Bertz CT molecular complexity index is 1400. The fraction of sp³-hybridized carbons (Fsp3) is 0.148. The smallest absolute Gasteiger partial charge is 0.298 e. The van der Waals surface area contributed by atoms with Gasteiger partial charge in [0.15, 0.2) is 0 Å². The van der Waals surface area contributed by atoms with Crippen LogP contribution in [-0.2, 0) is 16.0 Å². The Hall–Kier alpha value is -4.35. The predicted molar refractivity (Wildman–Crippen MR) is 133 cm³/mol. The molecule has 0 N–H and O–H groups in total. The molecule has 0 atom stereocenters. The van der Waals surface area contributed by atoms with Gasteiger partial charge in [0.2, 0.25) is 0 Å². The second-order valence-corrected chi connectivity index (χ2v) is 8.60. The number of rotatable bonds is 9. The van der Waals surface area contributed by atoms with Gasteiger partial charge in [-0.3, -0.25) is 19.6 Å². The Kier molecular flexibility index (Phi) is 7.94. The summed E-state index contributed by atoms with van der Waals surface area (Å²) in [5, 5.41) is 0. The summed E-state index contributed by atoms with van der Waals surface area (Å²) in [7, 11) is 0. The van der Waals surface area contributed by atoms with Gasteiger partial charge in [0.05, 0.1) is 27.7 Å². The van der Waals surface area contributed by atoms with Gasteiger partial charge in [-0.2, -0.15) is 0 Å². The molecule has 0 unspecified atom stereocenters. The van der Waals surface area contributed by atoms with Crippen LogP contribution in [0.4, 0.5) is 0 Å². The predicted octanol–water partition coefficient (Wildman–Crippen LogP) is 5.08. The van der Waals surface area contributed by atoms with Crippen LogP contribution in [0.2, 0.25) is 0 Å². The van der Waals surface area contributed by atoms with Crippen molar-refractivity contribution < 1.29 is 19.1 Å². The van der Waals surface area contributed by atoms with Gasteiger partial charge >= 0.3 is 0 Å². The molecule has 0 aliphatic heterocycles. The van der Waals surface area contributed by atoms with E-state index >= 15 is 0 Å². The maximum atomic E-state index is 11.0. The Morgan fingerprint density at radius 2 is 1.51 bits per heavy atom. The molecule has 0 aliphatic carbocycles. The van der Waals surface area contributed by atoms with Crippen molar-refractivity contribution >= 4 is 24.3 Å². The molecule has 174 valence electrons. The third-order valence-corrected chi connectivity index (χ3v) is 6.01. The van der Waals surface area contributed by atoms with Crippen LogP contribution in [0.1, 0.15) is 35.1 Å². The Balaban J connectivity index is 1.65. The Morgan fingerprint density at radius 1 is 0.829 bits per heavy atom. The van der Waals surface area contributed by atoms with E-state index < -0.39 is 0 Å². The number of hydrogen-bond acceptors (Lipinski definition) is 8. The first kappa shape index (κ1) is 23.8. The van der Waals surface area contributed by atoms with Gasteiger partial charge < -0.3 is 9.47 Å². The van der Waals surface area contributed by atoms with Gasteiger partial charge in [-0.1, -0.05) is 25.2 Å². The lowest BCUT2D eigenvalue weighted by molar-refractivity contribution is -0.121. The number of thiophene rings is 1. The molecule has 8 heteroatoms. The summed E-state index contributed by atoms with van der Waals surface area (Å²) >= 11 is 1.71. The van der Waals surface area contributed by atoms with Gasteiger partial charge in [0.1, 0.15) is 11.5 Å². The van der Waals surface area contributed by atoms with Gasteiger partial charge in [-0.15, -0.1) is 11.3 Å². The van der Waals surface area contributed by atoms with E-state index in [9.17, 15) is 9.59 Å². The number of pyridine rings is 3. The van der Waals surface area contributed by atoms with Gasteiger partial charge in [0, 0.05) is 41.0 Å². The van der Waals surface area contributed by atoms with Crippen LogP contribution in [0, 0.1) is 11.8 Å². The zero-order valence-electron chi connectivity index (χ0n) is 18.9. The highest BCUT2D eigenvalue weighted by atomic mass is 32.1. The molecule has 0 fully saturated rings. The largest absolute Gasteiger partial charge is 0.429 e. The second kappa shape index (κ2) is 11.7. The first-order valence-electron chi connectivity index (χ1n) is 10.9. The molecule has 0 saturated carbocycles. The lowest BCUT2D eigenvalue weighted by atomic mass is 10.1. The van der Waals surface area contributed by atoms with Crippen molar-refractivity contribution in [3.05, 3.63) is 76.2 Å². The van der Waals surface area contributed by atoms with Crippen LogP contribution in [0.25, 0.3) is 22.8 Å². The molecule has 0 saturated heterocycles. The fourth-order valence-electron chi connectivity index (χ4n) is 3.28. The molecule has 0 bridgehead atoms. The highest BCUT2D eigenvalue weighted by Crippen LogP contribution is 2.28. The van der Waals surface area contributed by atoms with Gasteiger partial charge in [0.25, 0.3) is 12.9 Å². The monoisotopic (exact) mass is 483 g/mol. The molecule has 4 aromatic rings. The lowest BCUT2D eigenvalue weighted by Crippen LogP contribution is -1.97. The van der Waals surface area contributed by atoms with E-state index in [1.807, 2.05) is 18.2 Å². The molecule has 7 nitrogen and oxygen atoms in total. The highest BCUT2D eigenvalue weighted by molar-refractivity contribution is 7.12. The van der Waals surface area contributed by atoms with E-state index in [1.165, 1.54) is 23.9 Å². The maximum Gasteiger partial charge on any atom is 0.298 e. The molecular weight excluding hydrogens is 462 g/mol. The molecule has 4 heterocycles. The number of unbranched alkanes of at least 4 members (excludes halogenated alkanes) is 1. The molecule has 0 aliphatic rings. The molecular formula is C27H21N3O4S.